The summed E-state index contributed by atoms with van der Waals surface area (Å²) in [6.07, 6.45) is 5.87. The number of aryl methyl sites for hydroxylation is 1. The van der Waals surface area contributed by atoms with Crippen molar-refractivity contribution in [3.05, 3.63) is 84.1 Å². The molecule has 2 amide bonds. The molecular weight excluding hydrogens is 354 g/mol. The molecule has 0 saturated heterocycles. The average Bonchev–Trinajstić information content (AvgIpc) is 3.39. The van der Waals surface area contributed by atoms with Crippen LogP contribution in [-0.2, 0) is 24.3 Å². The predicted octanol–water partition coefficient (Wildman–Crippen LogP) is 3.10. The Morgan fingerprint density at radius 3 is 2.54 bits per heavy atom. The molecular formula is C22H25N3O3. The van der Waals surface area contributed by atoms with Gasteiger partial charge in [-0.2, -0.15) is 0 Å². The molecule has 0 spiro atoms. The molecule has 6 heteroatoms. The summed E-state index contributed by atoms with van der Waals surface area (Å²) >= 11 is 0. The highest BCUT2D eigenvalue weighted by Gasteiger charge is 2.26. The molecule has 6 nitrogen and oxygen atoms in total. The lowest BCUT2D eigenvalue weighted by Crippen LogP contribution is -2.48. The fourth-order valence-electron chi connectivity index (χ4n) is 3.09. The van der Waals surface area contributed by atoms with Crippen molar-refractivity contribution in [2.45, 2.75) is 32.5 Å². The molecule has 0 unspecified atom stereocenters. The van der Waals surface area contributed by atoms with Gasteiger partial charge in [0.2, 0.25) is 5.91 Å². The Labute approximate surface area is 164 Å². The van der Waals surface area contributed by atoms with Crippen molar-refractivity contribution in [2.75, 3.05) is 7.05 Å². The molecule has 0 fully saturated rings. The maximum absolute atomic E-state index is 13.1. The number of carbonyl (C=O) groups excluding carboxylic acids is 2. The lowest BCUT2D eigenvalue weighted by atomic mass is 10.0. The molecule has 1 N–H and O–H groups in total. The van der Waals surface area contributed by atoms with E-state index in [2.05, 4.69) is 16.8 Å². The van der Waals surface area contributed by atoms with Crippen molar-refractivity contribution in [3.63, 3.8) is 0 Å². The van der Waals surface area contributed by atoms with Crippen LogP contribution in [0.5, 0.6) is 0 Å². The zero-order valence-electron chi connectivity index (χ0n) is 16.2. The average molecular weight is 379 g/mol. The Hall–Kier alpha value is -3.28. The van der Waals surface area contributed by atoms with Gasteiger partial charge >= 0.3 is 0 Å². The van der Waals surface area contributed by atoms with E-state index in [4.69, 9.17) is 4.42 Å². The van der Waals surface area contributed by atoms with E-state index in [0.29, 0.717) is 13.0 Å². The van der Waals surface area contributed by atoms with Crippen LogP contribution in [0.3, 0.4) is 0 Å². The number of aromatic nitrogens is 1. The highest BCUT2D eigenvalue weighted by Crippen LogP contribution is 2.11. The van der Waals surface area contributed by atoms with Gasteiger partial charge in [0, 0.05) is 39.0 Å². The Balaban J connectivity index is 1.73. The summed E-state index contributed by atoms with van der Waals surface area (Å²) in [6.45, 7) is 3.43. The van der Waals surface area contributed by atoms with E-state index in [9.17, 15) is 9.59 Å². The van der Waals surface area contributed by atoms with Crippen LogP contribution < -0.4 is 5.32 Å². The van der Waals surface area contributed by atoms with E-state index in [1.54, 1.807) is 24.1 Å². The Morgan fingerprint density at radius 2 is 1.89 bits per heavy atom. The largest absolute Gasteiger partial charge is 0.459 e. The van der Waals surface area contributed by atoms with E-state index >= 15 is 0 Å². The van der Waals surface area contributed by atoms with Crippen LogP contribution >= 0.6 is 0 Å². The molecule has 3 rings (SSSR count). The van der Waals surface area contributed by atoms with Gasteiger partial charge in [0.05, 0.1) is 6.26 Å². The first kappa shape index (κ1) is 19.5. The van der Waals surface area contributed by atoms with E-state index < -0.39 is 11.9 Å². The zero-order chi connectivity index (χ0) is 19.9. The molecule has 3 aromatic rings. The molecule has 0 radical (unpaired) electrons. The van der Waals surface area contributed by atoms with Crippen LogP contribution in [0.15, 0.2) is 71.6 Å². The van der Waals surface area contributed by atoms with Gasteiger partial charge in [-0.05, 0) is 36.2 Å². The molecule has 2 aromatic heterocycles. The maximum atomic E-state index is 13.1. The predicted molar refractivity (Wildman–Crippen MR) is 107 cm³/mol. The Morgan fingerprint density at radius 1 is 1.11 bits per heavy atom. The van der Waals surface area contributed by atoms with Gasteiger partial charge in [-0.1, -0.05) is 30.3 Å². The molecule has 0 saturated carbocycles. The Kier molecular flexibility index (Phi) is 6.32. The molecule has 146 valence electrons. The van der Waals surface area contributed by atoms with Crippen molar-refractivity contribution < 1.29 is 14.0 Å². The molecule has 2 heterocycles. The number of hydrogen-bond donors (Lipinski definition) is 1. The van der Waals surface area contributed by atoms with Gasteiger partial charge in [0.15, 0.2) is 5.76 Å². The second-order valence-electron chi connectivity index (χ2n) is 6.74. The molecule has 1 aromatic carbocycles. The van der Waals surface area contributed by atoms with Crippen molar-refractivity contribution in [1.82, 2.24) is 14.8 Å². The third kappa shape index (κ3) is 4.91. The third-order valence-corrected chi connectivity index (χ3v) is 4.60. The molecule has 1 atom stereocenters. The summed E-state index contributed by atoms with van der Waals surface area (Å²) in [5, 5.41) is 2.82. The van der Waals surface area contributed by atoms with Gasteiger partial charge < -0.3 is 19.2 Å². The number of hydrogen-bond acceptors (Lipinski definition) is 3. The smallest absolute Gasteiger partial charge is 0.287 e. The quantitative estimate of drug-likeness (QED) is 0.654. The van der Waals surface area contributed by atoms with Crippen LogP contribution in [-0.4, -0.2) is 34.4 Å². The minimum absolute atomic E-state index is 0.145. The second kappa shape index (κ2) is 9.08. The molecule has 0 bridgehead atoms. The summed E-state index contributed by atoms with van der Waals surface area (Å²) in [6, 6.07) is 14.2. The number of likely N-dealkylation sites (N-methyl/N-ethyl adjacent to an activating group) is 1. The van der Waals surface area contributed by atoms with E-state index in [1.807, 2.05) is 48.8 Å². The topological polar surface area (TPSA) is 67.5 Å². The van der Waals surface area contributed by atoms with E-state index in [0.717, 1.165) is 17.7 Å². The number of nitrogens with one attached hydrogen (secondary N) is 1. The Bertz CT molecular complexity index is 900. The van der Waals surface area contributed by atoms with Gasteiger partial charge in [0.1, 0.15) is 6.04 Å². The van der Waals surface area contributed by atoms with Crippen molar-refractivity contribution in [3.8, 4) is 0 Å². The first-order valence-corrected chi connectivity index (χ1v) is 9.34. The number of rotatable bonds is 8. The normalized spacial score (nSPS) is 11.8. The lowest BCUT2D eigenvalue weighted by molar-refractivity contribution is -0.132. The molecule has 0 aliphatic heterocycles. The van der Waals surface area contributed by atoms with Crippen molar-refractivity contribution >= 4 is 11.8 Å². The standard InChI is InChI=1S/C22H25N3O3/c1-3-25-12-11-18(16-25)15-24(2)22(27)19(14-17-8-5-4-6-9-17)23-21(26)20-10-7-13-28-20/h4-13,16,19H,3,14-15H2,1-2H3,(H,23,26)/t19-/m1/s1. The third-order valence-electron chi connectivity index (χ3n) is 4.60. The minimum atomic E-state index is -0.682. The van der Waals surface area contributed by atoms with Gasteiger partial charge in [-0.25, -0.2) is 0 Å². The molecule has 0 aliphatic rings. The van der Waals surface area contributed by atoms with Crippen LogP contribution in [0.25, 0.3) is 0 Å². The van der Waals surface area contributed by atoms with Crippen LogP contribution in [0.4, 0.5) is 0 Å². The van der Waals surface area contributed by atoms with E-state index in [-0.39, 0.29) is 11.7 Å². The fraction of sp³-hybridized carbons (Fsp3) is 0.273. The number of furan rings is 1. The number of carbonyl (C=O) groups is 2. The zero-order valence-corrected chi connectivity index (χ0v) is 16.2. The lowest BCUT2D eigenvalue weighted by Gasteiger charge is -2.24. The summed E-state index contributed by atoms with van der Waals surface area (Å²) < 4.78 is 7.22. The highest BCUT2D eigenvalue weighted by atomic mass is 16.3. The second-order valence-corrected chi connectivity index (χ2v) is 6.74. The summed E-state index contributed by atoms with van der Waals surface area (Å²) in [7, 11) is 1.75. The number of amides is 2. The van der Waals surface area contributed by atoms with Crippen LogP contribution in [0, 0.1) is 0 Å². The van der Waals surface area contributed by atoms with Gasteiger partial charge in [0.25, 0.3) is 5.91 Å². The molecule has 0 aliphatic carbocycles. The minimum Gasteiger partial charge on any atom is -0.459 e. The fourth-order valence-corrected chi connectivity index (χ4v) is 3.09. The summed E-state index contributed by atoms with van der Waals surface area (Å²) in [5.41, 5.74) is 2.03. The van der Waals surface area contributed by atoms with Crippen LogP contribution in [0.1, 0.15) is 28.6 Å². The van der Waals surface area contributed by atoms with E-state index in [1.165, 1.54) is 6.26 Å². The first-order valence-electron chi connectivity index (χ1n) is 9.34. The highest BCUT2D eigenvalue weighted by molar-refractivity contribution is 5.95. The number of nitrogens with zero attached hydrogens (tertiary/aromatic N) is 2. The van der Waals surface area contributed by atoms with Crippen LogP contribution in [0.2, 0.25) is 0 Å². The first-order chi connectivity index (χ1) is 13.6. The van der Waals surface area contributed by atoms with Crippen molar-refractivity contribution in [2.24, 2.45) is 0 Å². The van der Waals surface area contributed by atoms with Gasteiger partial charge in [-0.15, -0.1) is 0 Å². The van der Waals surface area contributed by atoms with Gasteiger partial charge in [-0.3, -0.25) is 9.59 Å². The summed E-state index contributed by atoms with van der Waals surface area (Å²) in [5.74, 6) is -0.355. The summed E-state index contributed by atoms with van der Waals surface area (Å²) in [4.78, 5) is 27.2. The number of benzene rings is 1. The SMILES string of the molecule is CCn1ccc(CN(C)C(=O)[C@@H](Cc2ccccc2)NC(=O)c2ccco2)c1. The monoisotopic (exact) mass is 379 g/mol. The van der Waals surface area contributed by atoms with Crippen molar-refractivity contribution in [1.29, 1.82) is 0 Å². The maximum Gasteiger partial charge on any atom is 0.287 e. The molecule has 28 heavy (non-hydrogen) atoms.